The molecule has 6 heteroatoms. The third kappa shape index (κ3) is 3.56. The molecule has 1 fully saturated rings. The number of benzene rings is 1. The van der Waals surface area contributed by atoms with Crippen LogP contribution in [0.25, 0.3) is 5.69 Å². The van der Waals surface area contributed by atoms with E-state index in [2.05, 4.69) is 10.1 Å². The molecule has 126 valence electrons. The Kier molecular flexibility index (Phi) is 4.24. The van der Waals surface area contributed by atoms with Gasteiger partial charge >= 0.3 is 0 Å². The van der Waals surface area contributed by atoms with Crippen LogP contribution in [0.5, 0.6) is 0 Å². The van der Waals surface area contributed by atoms with Crippen LogP contribution in [0.2, 0.25) is 5.02 Å². The molecule has 0 spiro atoms. The van der Waals surface area contributed by atoms with E-state index in [-0.39, 0.29) is 5.91 Å². The second-order valence-corrected chi connectivity index (χ2v) is 6.57. The molecule has 0 atom stereocenters. The van der Waals surface area contributed by atoms with E-state index in [1.165, 1.54) is 0 Å². The molecule has 0 saturated heterocycles. The van der Waals surface area contributed by atoms with Crippen molar-refractivity contribution >= 4 is 17.5 Å². The van der Waals surface area contributed by atoms with Gasteiger partial charge in [0.05, 0.1) is 29.7 Å². The number of hydrogen-bond acceptors (Lipinski definition) is 3. The topological polar surface area (TPSA) is 51.0 Å². The molecule has 0 N–H and O–H groups in total. The smallest absolute Gasteiger partial charge is 0.257 e. The van der Waals surface area contributed by atoms with E-state index < -0.39 is 0 Å². The summed E-state index contributed by atoms with van der Waals surface area (Å²) in [4.78, 5) is 19.2. The zero-order valence-electron chi connectivity index (χ0n) is 13.5. The number of carbonyl (C=O) groups is 1. The number of carbonyl (C=O) groups excluding carboxylic acids is 1. The zero-order valence-corrected chi connectivity index (χ0v) is 14.3. The van der Waals surface area contributed by atoms with Gasteiger partial charge in [0.15, 0.2) is 0 Å². The quantitative estimate of drug-likeness (QED) is 0.703. The van der Waals surface area contributed by atoms with Crippen LogP contribution in [0.3, 0.4) is 0 Å². The second-order valence-electron chi connectivity index (χ2n) is 6.14. The van der Waals surface area contributed by atoms with Gasteiger partial charge < -0.3 is 4.90 Å². The lowest BCUT2D eigenvalue weighted by atomic mass is 10.2. The van der Waals surface area contributed by atoms with E-state index >= 15 is 0 Å². The summed E-state index contributed by atoms with van der Waals surface area (Å²) in [5.41, 5.74) is 2.34. The molecule has 3 aromatic rings. The van der Waals surface area contributed by atoms with Crippen molar-refractivity contribution in [1.82, 2.24) is 19.7 Å². The Morgan fingerprint density at radius 3 is 2.68 bits per heavy atom. The van der Waals surface area contributed by atoms with E-state index in [1.54, 1.807) is 35.4 Å². The van der Waals surface area contributed by atoms with Crippen molar-refractivity contribution in [3.05, 3.63) is 77.3 Å². The third-order valence-electron chi connectivity index (χ3n) is 4.23. The maximum Gasteiger partial charge on any atom is 0.257 e. The van der Waals surface area contributed by atoms with E-state index in [0.717, 1.165) is 24.2 Å². The highest BCUT2D eigenvalue weighted by atomic mass is 35.5. The molecule has 1 saturated carbocycles. The third-order valence-corrected chi connectivity index (χ3v) is 4.48. The minimum atomic E-state index is -0.00614. The minimum Gasteiger partial charge on any atom is -0.330 e. The van der Waals surface area contributed by atoms with Crippen molar-refractivity contribution in [2.45, 2.75) is 25.4 Å². The van der Waals surface area contributed by atoms with Crippen molar-refractivity contribution in [3.63, 3.8) is 0 Å². The van der Waals surface area contributed by atoms with Crippen LogP contribution in [0.4, 0.5) is 0 Å². The molecule has 0 unspecified atom stereocenters. The number of rotatable bonds is 5. The summed E-state index contributed by atoms with van der Waals surface area (Å²) in [6, 6.07) is 13.4. The van der Waals surface area contributed by atoms with Crippen LogP contribution in [-0.4, -0.2) is 31.6 Å². The maximum absolute atomic E-state index is 13.0. The summed E-state index contributed by atoms with van der Waals surface area (Å²) in [7, 11) is 0. The number of aromatic nitrogens is 3. The average Bonchev–Trinajstić information content (AvgIpc) is 3.37. The minimum absolute atomic E-state index is 0.00614. The Labute approximate surface area is 150 Å². The molecule has 5 nitrogen and oxygen atoms in total. The Balaban J connectivity index is 1.55. The van der Waals surface area contributed by atoms with Gasteiger partial charge in [-0.2, -0.15) is 5.10 Å². The first-order chi connectivity index (χ1) is 12.2. The standard InChI is InChI=1S/C19H17ClN4O/c20-15-4-6-18(7-5-15)24-12-14(11-22-24)19(25)23(17-8-9-17)13-16-3-1-2-10-21-16/h1-7,10-12,17H,8-9,13H2. The summed E-state index contributed by atoms with van der Waals surface area (Å²) in [5.74, 6) is -0.00614. The predicted octanol–water partition coefficient (Wildman–Crippen LogP) is 3.73. The molecule has 1 aliphatic carbocycles. The Hall–Kier alpha value is -2.66. The molecule has 2 heterocycles. The number of halogens is 1. The monoisotopic (exact) mass is 352 g/mol. The van der Waals surface area contributed by atoms with Gasteiger partial charge in [0.1, 0.15) is 0 Å². The second kappa shape index (κ2) is 6.69. The highest BCUT2D eigenvalue weighted by Crippen LogP contribution is 2.29. The number of hydrogen-bond donors (Lipinski definition) is 0. The molecule has 0 radical (unpaired) electrons. The Morgan fingerprint density at radius 2 is 2.00 bits per heavy atom. The van der Waals surface area contributed by atoms with Crippen LogP contribution in [0.1, 0.15) is 28.9 Å². The summed E-state index contributed by atoms with van der Waals surface area (Å²) in [6.07, 6.45) is 7.22. The molecular formula is C19H17ClN4O. The van der Waals surface area contributed by atoms with Crippen LogP contribution < -0.4 is 0 Å². The van der Waals surface area contributed by atoms with Gasteiger partial charge in [0.2, 0.25) is 0 Å². The van der Waals surface area contributed by atoms with Gasteiger partial charge in [-0.15, -0.1) is 0 Å². The van der Waals surface area contributed by atoms with Crippen molar-refractivity contribution < 1.29 is 4.79 Å². The van der Waals surface area contributed by atoms with Crippen molar-refractivity contribution in [3.8, 4) is 5.69 Å². The first-order valence-corrected chi connectivity index (χ1v) is 8.60. The molecule has 1 aromatic carbocycles. The van der Waals surface area contributed by atoms with Crippen LogP contribution in [0.15, 0.2) is 61.1 Å². The van der Waals surface area contributed by atoms with Crippen LogP contribution in [0, 0.1) is 0 Å². The number of pyridine rings is 1. The zero-order chi connectivity index (χ0) is 17.2. The number of amides is 1. The van der Waals surface area contributed by atoms with Crippen molar-refractivity contribution in [2.75, 3.05) is 0 Å². The molecule has 1 aliphatic rings. The lowest BCUT2D eigenvalue weighted by Crippen LogP contribution is -2.32. The normalized spacial score (nSPS) is 13.6. The van der Waals surface area contributed by atoms with Crippen molar-refractivity contribution in [1.29, 1.82) is 0 Å². The van der Waals surface area contributed by atoms with E-state index in [9.17, 15) is 4.79 Å². The number of nitrogens with zero attached hydrogens (tertiary/aromatic N) is 4. The van der Waals surface area contributed by atoms with Gasteiger partial charge in [0, 0.05) is 23.5 Å². The maximum atomic E-state index is 13.0. The van der Waals surface area contributed by atoms with Gasteiger partial charge in [-0.1, -0.05) is 17.7 Å². The molecule has 0 bridgehead atoms. The van der Waals surface area contributed by atoms with Gasteiger partial charge in [-0.05, 0) is 49.2 Å². The Bertz CT molecular complexity index is 872. The van der Waals surface area contributed by atoms with Crippen LogP contribution in [-0.2, 0) is 6.54 Å². The first kappa shape index (κ1) is 15.8. The van der Waals surface area contributed by atoms with E-state index in [4.69, 9.17) is 11.6 Å². The fourth-order valence-corrected chi connectivity index (χ4v) is 2.88. The molecular weight excluding hydrogens is 336 g/mol. The highest BCUT2D eigenvalue weighted by Gasteiger charge is 2.33. The molecule has 0 aliphatic heterocycles. The molecule has 25 heavy (non-hydrogen) atoms. The first-order valence-electron chi connectivity index (χ1n) is 8.22. The Morgan fingerprint density at radius 1 is 1.20 bits per heavy atom. The summed E-state index contributed by atoms with van der Waals surface area (Å²) < 4.78 is 1.69. The van der Waals surface area contributed by atoms with Crippen LogP contribution >= 0.6 is 11.6 Å². The summed E-state index contributed by atoms with van der Waals surface area (Å²) >= 11 is 5.92. The average molecular weight is 353 g/mol. The SMILES string of the molecule is O=C(c1cnn(-c2ccc(Cl)cc2)c1)N(Cc1ccccn1)C1CC1. The van der Waals surface area contributed by atoms with Gasteiger partial charge in [0.25, 0.3) is 5.91 Å². The highest BCUT2D eigenvalue weighted by molar-refractivity contribution is 6.30. The van der Waals surface area contributed by atoms with E-state index in [1.807, 2.05) is 35.2 Å². The molecule has 4 rings (SSSR count). The van der Waals surface area contributed by atoms with Crippen molar-refractivity contribution in [2.24, 2.45) is 0 Å². The lowest BCUT2D eigenvalue weighted by Gasteiger charge is -2.21. The summed E-state index contributed by atoms with van der Waals surface area (Å²) in [5, 5.41) is 4.99. The fraction of sp³-hybridized carbons (Fsp3) is 0.211. The van der Waals surface area contributed by atoms with Gasteiger partial charge in [-0.3, -0.25) is 9.78 Å². The van der Waals surface area contributed by atoms with Gasteiger partial charge in [-0.25, -0.2) is 4.68 Å². The largest absolute Gasteiger partial charge is 0.330 e. The summed E-state index contributed by atoms with van der Waals surface area (Å²) in [6.45, 7) is 0.524. The van der Waals surface area contributed by atoms with E-state index in [0.29, 0.717) is 23.2 Å². The fourth-order valence-electron chi connectivity index (χ4n) is 2.75. The predicted molar refractivity (Wildman–Crippen MR) is 95.7 cm³/mol. The molecule has 2 aromatic heterocycles. The lowest BCUT2D eigenvalue weighted by molar-refractivity contribution is 0.0727. The molecule has 1 amide bonds.